The molecule has 0 saturated carbocycles. The maximum absolute atomic E-state index is 13.7. The van der Waals surface area contributed by atoms with Gasteiger partial charge in [0.2, 0.25) is 0 Å². The van der Waals surface area contributed by atoms with Crippen LogP contribution in [0.1, 0.15) is 0 Å². The zero-order valence-corrected chi connectivity index (χ0v) is 9.49. The largest absolute Gasteiger partial charge is 0.303 e. The Morgan fingerprint density at radius 3 is 2.76 bits per heavy atom. The fraction of sp³-hybridized carbons (Fsp3) is 0.111. The molecule has 88 valence electrons. The van der Waals surface area contributed by atoms with E-state index in [1.165, 1.54) is 16.7 Å². The first kappa shape index (κ1) is 11.4. The number of H-pyrrole nitrogens is 1. The average Bonchev–Trinajstić information content (AvgIpc) is 2.60. The topological polar surface area (TPSA) is 76.8 Å². The van der Waals surface area contributed by atoms with Gasteiger partial charge in [-0.2, -0.15) is 5.10 Å². The van der Waals surface area contributed by atoms with Crippen LogP contribution >= 0.6 is 12.2 Å². The summed E-state index contributed by atoms with van der Waals surface area (Å²) < 4.78 is 15.5. The SMILES string of the molecule is Cn1c(-c2ccc([N+](=O)[O-])cc2F)n[nH]c1=S. The molecule has 0 aliphatic rings. The van der Waals surface area contributed by atoms with Crippen molar-refractivity contribution in [1.82, 2.24) is 14.8 Å². The third-order valence-corrected chi connectivity index (χ3v) is 2.65. The third-order valence-electron chi connectivity index (χ3n) is 2.28. The van der Waals surface area contributed by atoms with Gasteiger partial charge in [0.1, 0.15) is 5.82 Å². The number of aromatic nitrogens is 3. The van der Waals surface area contributed by atoms with E-state index in [1.807, 2.05) is 0 Å². The smallest absolute Gasteiger partial charge is 0.272 e. The summed E-state index contributed by atoms with van der Waals surface area (Å²) >= 11 is 4.90. The molecule has 0 spiro atoms. The van der Waals surface area contributed by atoms with Crippen LogP contribution in [0.4, 0.5) is 10.1 Å². The van der Waals surface area contributed by atoms with Crippen molar-refractivity contribution in [3.8, 4) is 11.4 Å². The van der Waals surface area contributed by atoms with Gasteiger partial charge in [0.05, 0.1) is 16.6 Å². The molecule has 2 rings (SSSR count). The number of halogens is 1. The minimum Gasteiger partial charge on any atom is -0.303 e. The quantitative estimate of drug-likeness (QED) is 0.506. The summed E-state index contributed by atoms with van der Waals surface area (Å²) in [6, 6.07) is 3.38. The lowest BCUT2D eigenvalue weighted by atomic mass is 10.2. The Bertz CT molecular complexity index is 649. The molecule has 0 bridgehead atoms. The van der Waals surface area contributed by atoms with Gasteiger partial charge in [-0.25, -0.2) is 4.39 Å². The Morgan fingerprint density at radius 2 is 2.29 bits per heavy atom. The lowest BCUT2D eigenvalue weighted by Crippen LogP contribution is -1.96. The predicted octanol–water partition coefficient (Wildman–Crippen LogP) is 2.19. The van der Waals surface area contributed by atoms with Crippen LogP contribution in [-0.2, 0) is 7.05 Å². The number of hydrogen-bond donors (Lipinski definition) is 1. The second kappa shape index (κ2) is 4.06. The number of aromatic amines is 1. The molecule has 0 saturated heterocycles. The van der Waals surface area contributed by atoms with Crippen molar-refractivity contribution in [2.45, 2.75) is 0 Å². The Labute approximate surface area is 99.9 Å². The number of nitrogens with zero attached hydrogens (tertiary/aromatic N) is 3. The molecule has 2 aromatic rings. The van der Waals surface area contributed by atoms with E-state index in [1.54, 1.807) is 7.05 Å². The van der Waals surface area contributed by atoms with Gasteiger partial charge < -0.3 is 4.57 Å². The fourth-order valence-electron chi connectivity index (χ4n) is 1.39. The van der Waals surface area contributed by atoms with Gasteiger partial charge in [-0.3, -0.25) is 15.2 Å². The number of non-ortho nitro benzene ring substituents is 1. The number of rotatable bonds is 2. The summed E-state index contributed by atoms with van der Waals surface area (Å²) in [6.07, 6.45) is 0. The Kier molecular flexibility index (Phi) is 2.72. The molecular weight excluding hydrogens is 247 g/mol. The Balaban J connectivity index is 2.58. The number of benzene rings is 1. The zero-order valence-electron chi connectivity index (χ0n) is 8.68. The number of nitrogens with one attached hydrogen (secondary N) is 1. The Hall–Kier alpha value is -2.09. The van der Waals surface area contributed by atoms with Crippen LogP contribution in [0.3, 0.4) is 0 Å². The molecule has 0 amide bonds. The lowest BCUT2D eigenvalue weighted by Gasteiger charge is -2.01. The van der Waals surface area contributed by atoms with E-state index in [0.717, 1.165) is 6.07 Å². The van der Waals surface area contributed by atoms with Gasteiger partial charge in [0.25, 0.3) is 5.69 Å². The van der Waals surface area contributed by atoms with E-state index in [2.05, 4.69) is 10.2 Å². The first-order chi connectivity index (χ1) is 8.00. The van der Waals surface area contributed by atoms with Crippen LogP contribution in [0.2, 0.25) is 0 Å². The van der Waals surface area contributed by atoms with E-state index in [9.17, 15) is 14.5 Å². The van der Waals surface area contributed by atoms with Gasteiger partial charge in [0, 0.05) is 13.1 Å². The van der Waals surface area contributed by atoms with Gasteiger partial charge >= 0.3 is 0 Å². The van der Waals surface area contributed by atoms with E-state index in [-0.39, 0.29) is 11.3 Å². The molecule has 17 heavy (non-hydrogen) atoms. The van der Waals surface area contributed by atoms with Crippen molar-refractivity contribution in [2.24, 2.45) is 7.05 Å². The Morgan fingerprint density at radius 1 is 1.59 bits per heavy atom. The normalized spacial score (nSPS) is 10.5. The van der Waals surface area contributed by atoms with Crippen LogP contribution in [0.25, 0.3) is 11.4 Å². The first-order valence-electron chi connectivity index (χ1n) is 4.56. The molecule has 0 atom stereocenters. The van der Waals surface area contributed by atoms with Gasteiger partial charge in [-0.15, -0.1) is 0 Å². The molecule has 1 N–H and O–H groups in total. The molecule has 0 fully saturated rings. The summed E-state index contributed by atoms with van der Waals surface area (Å²) in [4.78, 5) is 9.81. The highest BCUT2D eigenvalue weighted by Crippen LogP contribution is 2.24. The van der Waals surface area contributed by atoms with Crippen molar-refractivity contribution in [1.29, 1.82) is 0 Å². The van der Waals surface area contributed by atoms with Gasteiger partial charge in [-0.05, 0) is 18.3 Å². The van der Waals surface area contributed by atoms with Crippen LogP contribution in [0.5, 0.6) is 0 Å². The van der Waals surface area contributed by atoms with E-state index >= 15 is 0 Å². The second-order valence-electron chi connectivity index (χ2n) is 3.33. The molecule has 6 nitrogen and oxygen atoms in total. The molecule has 1 aromatic heterocycles. The molecule has 1 heterocycles. The molecule has 0 aliphatic heterocycles. The van der Waals surface area contributed by atoms with Crippen molar-refractivity contribution >= 4 is 17.9 Å². The average molecular weight is 254 g/mol. The number of nitro groups is 1. The maximum atomic E-state index is 13.7. The highest BCUT2D eigenvalue weighted by molar-refractivity contribution is 7.71. The predicted molar refractivity (Wildman–Crippen MR) is 60.4 cm³/mol. The number of hydrogen-bond acceptors (Lipinski definition) is 4. The van der Waals surface area contributed by atoms with Crippen LogP contribution in [-0.4, -0.2) is 19.7 Å². The lowest BCUT2D eigenvalue weighted by molar-refractivity contribution is -0.385. The molecule has 0 unspecified atom stereocenters. The van der Waals surface area contributed by atoms with Crippen molar-refractivity contribution in [2.75, 3.05) is 0 Å². The van der Waals surface area contributed by atoms with Gasteiger partial charge in [-0.1, -0.05) is 0 Å². The molecular formula is C9H7FN4O2S. The monoisotopic (exact) mass is 254 g/mol. The van der Waals surface area contributed by atoms with Crippen molar-refractivity contribution in [3.63, 3.8) is 0 Å². The number of nitro benzene ring substituents is 1. The van der Waals surface area contributed by atoms with Crippen LogP contribution < -0.4 is 0 Å². The summed E-state index contributed by atoms with van der Waals surface area (Å²) in [6.45, 7) is 0. The molecule has 1 aromatic carbocycles. The van der Waals surface area contributed by atoms with E-state index < -0.39 is 10.7 Å². The van der Waals surface area contributed by atoms with Crippen molar-refractivity contribution < 1.29 is 9.31 Å². The minimum absolute atomic E-state index is 0.158. The molecule has 0 radical (unpaired) electrons. The van der Waals surface area contributed by atoms with Gasteiger partial charge in [0.15, 0.2) is 10.6 Å². The third kappa shape index (κ3) is 1.94. The van der Waals surface area contributed by atoms with E-state index in [4.69, 9.17) is 12.2 Å². The highest BCUT2D eigenvalue weighted by atomic mass is 32.1. The zero-order chi connectivity index (χ0) is 12.6. The second-order valence-corrected chi connectivity index (χ2v) is 3.72. The minimum atomic E-state index is -0.712. The van der Waals surface area contributed by atoms with E-state index in [0.29, 0.717) is 10.6 Å². The summed E-state index contributed by atoms with van der Waals surface area (Å²) in [5, 5.41) is 16.8. The summed E-state index contributed by atoms with van der Waals surface area (Å²) in [7, 11) is 1.63. The maximum Gasteiger partial charge on any atom is 0.272 e. The first-order valence-corrected chi connectivity index (χ1v) is 4.97. The van der Waals surface area contributed by atoms with Crippen LogP contribution in [0, 0.1) is 20.7 Å². The molecule has 8 heteroatoms. The van der Waals surface area contributed by atoms with Crippen LogP contribution in [0.15, 0.2) is 18.2 Å². The van der Waals surface area contributed by atoms with Crippen molar-refractivity contribution in [3.05, 3.63) is 38.9 Å². The standard InChI is InChI=1S/C9H7FN4O2S/c1-13-8(11-12-9(13)17)6-3-2-5(14(15)16)4-7(6)10/h2-4H,1H3,(H,12,17). The summed E-state index contributed by atoms with van der Waals surface area (Å²) in [5.74, 6) is -0.418. The molecule has 0 aliphatic carbocycles. The fourth-order valence-corrected chi connectivity index (χ4v) is 1.52. The summed E-state index contributed by atoms with van der Waals surface area (Å²) in [5.41, 5.74) is -0.145. The highest BCUT2D eigenvalue weighted by Gasteiger charge is 2.15.